The zero-order valence-electron chi connectivity index (χ0n) is 19.0. The lowest BCUT2D eigenvalue weighted by molar-refractivity contribution is 1.19. The molecule has 4 heteroatoms. The zero-order chi connectivity index (χ0) is 23.4. The standard InChI is InChI=1S/C32H17NS3/c1-4-10-25-19(7-1)21-15-16-22-20-8-2-5-11-26(20)34-30(22)29(21)33(25)18-13-14-24-28(17-18)36-31-23-9-3-6-12-27(23)35-32(24)31/h1-17H. The number of hydrogen-bond donors (Lipinski definition) is 0. The maximum Gasteiger partial charge on any atom is 0.0719 e. The molecular formula is C32H17NS3. The Labute approximate surface area is 218 Å². The minimum Gasteiger partial charge on any atom is -0.308 e. The van der Waals surface area contributed by atoms with E-state index in [-0.39, 0.29) is 0 Å². The molecule has 1 nitrogen and oxygen atoms in total. The molecule has 0 aliphatic heterocycles. The maximum absolute atomic E-state index is 2.49. The van der Waals surface area contributed by atoms with Gasteiger partial charge >= 0.3 is 0 Å². The van der Waals surface area contributed by atoms with Gasteiger partial charge in [0.05, 0.1) is 25.1 Å². The highest BCUT2D eigenvalue weighted by Gasteiger charge is 2.19. The Hall–Kier alpha value is -3.70. The third-order valence-corrected chi connectivity index (χ3v) is 11.1. The van der Waals surface area contributed by atoms with Crippen LogP contribution >= 0.6 is 34.0 Å². The molecule has 9 aromatic rings. The fraction of sp³-hybridized carbons (Fsp3) is 0. The van der Waals surface area contributed by atoms with Crippen LogP contribution < -0.4 is 0 Å². The summed E-state index contributed by atoms with van der Waals surface area (Å²) in [5, 5.41) is 8.07. The second kappa shape index (κ2) is 6.95. The van der Waals surface area contributed by atoms with E-state index in [2.05, 4.69) is 108 Å². The Morgan fingerprint density at radius 3 is 1.86 bits per heavy atom. The van der Waals surface area contributed by atoms with E-state index >= 15 is 0 Å². The molecule has 0 aliphatic rings. The SMILES string of the molecule is c1ccc2c(c1)sc1c2ccc2c3ccccc3n(-c3ccc4c(c3)sc3c5ccccc5sc43)c21. The zero-order valence-corrected chi connectivity index (χ0v) is 21.4. The number of thiophene rings is 3. The van der Waals surface area contributed by atoms with Gasteiger partial charge < -0.3 is 4.57 Å². The molecule has 0 spiro atoms. The minimum absolute atomic E-state index is 1.23. The largest absolute Gasteiger partial charge is 0.308 e. The summed E-state index contributed by atoms with van der Waals surface area (Å²) >= 11 is 5.75. The van der Waals surface area contributed by atoms with E-state index in [1.54, 1.807) is 0 Å². The molecule has 0 radical (unpaired) electrons. The highest BCUT2D eigenvalue weighted by Crippen LogP contribution is 2.46. The number of aromatic nitrogens is 1. The van der Waals surface area contributed by atoms with Crippen LogP contribution in [0.3, 0.4) is 0 Å². The van der Waals surface area contributed by atoms with Crippen LogP contribution in [0.25, 0.3) is 77.2 Å². The normalized spacial score (nSPS) is 12.4. The van der Waals surface area contributed by atoms with E-state index in [1.165, 1.54) is 77.2 Å². The second-order valence-corrected chi connectivity index (χ2v) is 12.5. The van der Waals surface area contributed by atoms with Crippen LogP contribution in [0.1, 0.15) is 0 Å². The summed E-state index contributed by atoms with van der Waals surface area (Å²) in [5.74, 6) is 0. The molecule has 0 bridgehead atoms. The molecule has 0 N–H and O–H groups in total. The van der Waals surface area contributed by atoms with Crippen LogP contribution in [-0.2, 0) is 0 Å². The van der Waals surface area contributed by atoms with Gasteiger partial charge in [0.25, 0.3) is 0 Å². The third kappa shape index (κ3) is 2.44. The summed E-state index contributed by atoms with van der Waals surface area (Å²) in [4.78, 5) is 0. The van der Waals surface area contributed by atoms with Gasteiger partial charge in [0.15, 0.2) is 0 Å². The molecule has 36 heavy (non-hydrogen) atoms. The second-order valence-electron chi connectivity index (χ2n) is 9.33. The van der Waals surface area contributed by atoms with Gasteiger partial charge in [-0.1, -0.05) is 72.8 Å². The lowest BCUT2D eigenvalue weighted by atomic mass is 10.1. The van der Waals surface area contributed by atoms with Crippen molar-refractivity contribution in [2.75, 3.05) is 0 Å². The van der Waals surface area contributed by atoms with Crippen molar-refractivity contribution in [3.8, 4) is 5.69 Å². The van der Waals surface area contributed by atoms with Crippen LogP contribution in [0.5, 0.6) is 0 Å². The topological polar surface area (TPSA) is 4.93 Å². The average molecular weight is 512 g/mol. The Balaban J connectivity index is 1.42. The smallest absolute Gasteiger partial charge is 0.0719 e. The van der Waals surface area contributed by atoms with Crippen molar-refractivity contribution in [2.45, 2.75) is 0 Å². The highest BCUT2D eigenvalue weighted by molar-refractivity contribution is 7.36. The van der Waals surface area contributed by atoms with Gasteiger partial charge in [-0.25, -0.2) is 0 Å². The van der Waals surface area contributed by atoms with Crippen molar-refractivity contribution in [2.24, 2.45) is 0 Å². The lowest BCUT2D eigenvalue weighted by Gasteiger charge is -2.09. The van der Waals surface area contributed by atoms with Crippen molar-refractivity contribution in [3.63, 3.8) is 0 Å². The molecule has 0 fully saturated rings. The Morgan fingerprint density at radius 1 is 0.417 bits per heavy atom. The van der Waals surface area contributed by atoms with Gasteiger partial charge in [0.1, 0.15) is 0 Å². The van der Waals surface area contributed by atoms with Gasteiger partial charge in [0, 0.05) is 52.1 Å². The molecular weight excluding hydrogens is 495 g/mol. The van der Waals surface area contributed by atoms with Crippen molar-refractivity contribution < 1.29 is 0 Å². The number of nitrogens with zero attached hydrogens (tertiary/aromatic N) is 1. The summed E-state index contributed by atoms with van der Waals surface area (Å²) in [7, 11) is 0. The fourth-order valence-electron chi connectivity index (χ4n) is 5.83. The molecule has 168 valence electrons. The first-order chi connectivity index (χ1) is 17.8. The third-order valence-electron chi connectivity index (χ3n) is 7.41. The quantitative estimate of drug-likeness (QED) is 0.206. The molecule has 0 amide bonds. The van der Waals surface area contributed by atoms with Crippen LogP contribution in [0, 0.1) is 0 Å². The van der Waals surface area contributed by atoms with E-state index in [4.69, 9.17) is 0 Å². The van der Waals surface area contributed by atoms with Gasteiger partial charge in [-0.15, -0.1) is 34.0 Å². The molecule has 0 saturated carbocycles. The number of benzene rings is 5. The van der Waals surface area contributed by atoms with Crippen LogP contribution in [-0.4, -0.2) is 4.57 Å². The summed E-state index contributed by atoms with van der Waals surface area (Å²) in [6, 6.07) is 38.1. The van der Waals surface area contributed by atoms with Crippen molar-refractivity contribution in [3.05, 3.63) is 103 Å². The van der Waals surface area contributed by atoms with Gasteiger partial charge in [-0.05, 0) is 30.3 Å². The van der Waals surface area contributed by atoms with Gasteiger partial charge in [0.2, 0.25) is 0 Å². The first kappa shape index (κ1) is 19.5. The van der Waals surface area contributed by atoms with Gasteiger partial charge in [-0.3, -0.25) is 0 Å². The summed E-state index contributed by atoms with van der Waals surface area (Å²) in [5.41, 5.74) is 3.82. The van der Waals surface area contributed by atoms with E-state index in [1.807, 2.05) is 34.0 Å². The summed E-state index contributed by atoms with van der Waals surface area (Å²) < 4.78 is 10.8. The van der Waals surface area contributed by atoms with Crippen LogP contribution in [0.4, 0.5) is 0 Å². The molecule has 0 atom stereocenters. The predicted octanol–water partition coefficient (Wildman–Crippen LogP) is 10.7. The first-order valence-electron chi connectivity index (χ1n) is 12.0. The van der Waals surface area contributed by atoms with Crippen molar-refractivity contribution in [1.82, 2.24) is 4.57 Å². The number of fused-ring (bicyclic) bond motifs is 12. The highest BCUT2D eigenvalue weighted by atomic mass is 32.1. The molecule has 0 unspecified atom stereocenters. The van der Waals surface area contributed by atoms with E-state index < -0.39 is 0 Å². The minimum atomic E-state index is 1.23. The monoisotopic (exact) mass is 511 g/mol. The van der Waals surface area contributed by atoms with Crippen LogP contribution in [0.15, 0.2) is 103 Å². The van der Waals surface area contributed by atoms with Crippen molar-refractivity contribution in [1.29, 1.82) is 0 Å². The maximum atomic E-state index is 2.49. The predicted molar refractivity (Wildman–Crippen MR) is 162 cm³/mol. The Bertz CT molecular complexity index is 2320. The fourth-order valence-corrected chi connectivity index (χ4v) is 9.76. The Kier molecular flexibility index (Phi) is 3.76. The summed E-state index contributed by atoms with van der Waals surface area (Å²) in [6.45, 7) is 0. The molecule has 5 aromatic carbocycles. The molecule has 0 saturated heterocycles. The molecule has 4 heterocycles. The van der Waals surface area contributed by atoms with E-state index in [0.717, 1.165) is 0 Å². The molecule has 4 aromatic heterocycles. The lowest BCUT2D eigenvalue weighted by Crippen LogP contribution is -1.93. The van der Waals surface area contributed by atoms with Gasteiger partial charge in [-0.2, -0.15) is 0 Å². The van der Waals surface area contributed by atoms with E-state index in [9.17, 15) is 0 Å². The van der Waals surface area contributed by atoms with E-state index in [0.29, 0.717) is 0 Å². The Morgan fingerprint density at radius 2 is 1.00 bits per heavy atom. The van der Waals surface area contributed by atoms with Crippen LogP contribution in [0.2, 0.25) is 0 Å². The molecule has 9 rings (SSSR count). The molecule has 0 aliphatic carbocycles. The number of para-hydroxylation sites is 1. The number of hydrogen-bond acceptors (Lipinski definition) is 3. The average Bonchev–Trinajstić information content (AvgIpc) is 3.65. The first-order valence-corrected chi connectivity index (χ1v) is 14.5. The van der Waals surface area contributed by atoms with Crippen molar-refractivity contribution >= 4 is 106 Å². The summed E-state index contributed by atoms with van der Waals surface area (Å²) in [6.07, 6.45) is 0. The number of rotatable bonds is 1.